The summed E-state index contributed by atoms with van der Waals surface area (Å²) in [6.07, 6.45) is -4.98. The minimum absolute atomic E-state index is 0.403. The second kappa shape index (κ2) is 4.93. The molecule has 0 aromatic rings. The van der Waals surface area contributed by atoms with Gasteiger partial charge in [-0.3, -0.25) is 0 Å². The zero-order chi connectivity index (χ0) is 9.61. The van der Waals surface area contributed by atoms with Crippen molar-refractivity contribution in [1.29, 1.82) is 0 Å². The lowest BCUT2D eigenvalue weighted by Crippen LogP contribution is -2.03. The van der Waals surface area contributed by atoms with E-state index in [-0.39, 0.29) is 0 Å². The van der Waals surface area contributed by atoms with Gasteiger partial charge in [0.1, 0.15) is 13.3 Å². The van der Waals surface area contributed by atoms with Crippen LogP contribution in [0, 0.1) is 0 Å². The zero-order valence-electron chi connectivity index (χ0n) is 6.09. The quantitative estimate of drug-likeness (QED) is 0.469. The third-order valence-electron chi connectivity index (χ3n) is 0.962. The number of allylic oxidation sites excluding steroid dienone is 1. The Kier molecular flexibility index (Phi) is 4.59. The van der Waals surface area contributed by atoms with E-state index in [1.165, 1.54) is 0 Å². The fourth-order valence-electron chi connectivity index (χ4n) is 0.424. The molecule has 12 heavy (non-hydrogen) atoms. The van der Waals surface area contributed by atoms with Crippen molar-refractivity contribution in [3.63, 3.8) is 0 Å². The van der Waals surface area contributed by atoms with Gasteiger partial charge >= 0.3 is 6.18 Å². The van der Waals surface area contributed by atoms with Crippen LogP contribution in [-0.2, 0) is 0 Å². The van der Waals surface area contributed by atoms with E-state index < -0.39 is 31.5 Å². The second-order valence-corrected chi connectivity index (χ2v) is 2.04. The molecule has 70 valence electrons. The number of alkyl halides is 5. The molecule has 5 heteroatoms. The van der Waals surface area contributed by atoms with Crippen molar-refractivity contribution in [2.24, 2.45) is 0 Å². The highest BCUT2D eigenvalue weighted by Gasteiger charge is 2.24. The molecule has 0 saturated heterocycles. The maximum absolute atomic E-state index is 11.6. The van der Waals surface area contributed by atoms with Gasteiger partial charge < -0.3 is 0 Å². The van der Waals surface area contributed by atoms with Gasteiger partial charge in [0.05, 0.1) is 6.42 Å². The molecule has 0 fully saturated rings. The maximum atomic E-state index is 11.6. The lowest BCUT2D eigenvalue weighted by molar-refractivity contribution is -0.124. The number of rotatable bonds is 3. The molecule has 0 aliphatic heterocycles. The Balaban J connectivity index is 4.12. The molecule has 0 aromatic heterocycles. The Bertz CT molecular complexity index is 178. The standard InChI is InChI=1S/C7H7F5/c8-4-6(5-9)2-1-3-7(10,11)12/h1H,3-5H2. The van der Waals surface area contributed by atoms with Crippen LogP contribution in [0.2, 0.25) is 0 Å². The van der Waals surface area contributed by atoms with E-state index in [0.29, 0.717) is 6.08 Å². The van der Waals surface area contributed by atoms with Gasteiger partial charge in [0.2, 0.25) is 0 Å². The average molecular weight is 186 g/mol. The Labute approximate surface area is 66.4 Å². The first kappa shape index (κ1) is 11.2. The summed E-state index contributed by atoms with van der Waals surface area (Å²) in [6.45, 7) is -2.21. The molecule has 0 aliphatic carbocycles. The number of hydrogen-bond donors (Lipinski definition) is 0. The second-order valence-electron chi connectivity index (χ2n) is 2.04. The largest absolute Gasteiger partial charge is 0.393 e. The molecule has 0 saturated carbocycles. The average Bonchev–Trinajstić information content (AvgIpc) is 1.96. The smallest absolute Gasteiger partial charge is 0.245 e. The Hall–Kier alpha value is -0.830. The molecule has 0 bridgehead atoms. The summed E-state index contributed by atoms with van der Waals surface area (Å²) in [5.74, 6) is 0. The molecule has 0 amide bonds. The lowest BCUT2D eigenvalue weighted by atomic mass is 10.3. The van der Waals surface area contributed by atoms with Gasteiger partial charge in [0.15, 0.2) is 0 Å². The Morgan fingerprint density at radius 3 is 2.00 bits per heavy atom. The summed E-state index contributed by atoms with van der Waals surface area (Å²) in [4.78, 5) is 0. The van der Waals surface area contributed by atoms with E-state index in [4.69, 9.17) is 0 Å². The van der Waals surface area contributed by atoms with Crippen LogP contribution in [0.3, 0.4) is 0 Å². The molecule has 0 aromatic carbocycles. The van der Waals surface area contributed by atoms with Crippen LogP contribution in [-0.4, -0.2) is 19.5 Å². The first-order chi connectivity index (χ1) is 5.49. The van der Waals surface area contributed by atoms with Gasteiger partial charge in [-0.25, -0.2) is 8.78 Å². The summed E-state index contributed by atoms with van der Waals surface area (Å²) < 4.78 is 57.6. The van der Waals surface area contributed by atoms with Crippen molar-refractivity contribution < 1.29 is 22.0 Å². The maximum Gasteiger partial charge on any atom is 0.393 e. The molecule has 0 nitrogen and oxygen atoms in total. The molecule has 0 rings (SSSR count). The third-order valence-corrected chi connectivity index (χ3v) is 0.962. The molecule has 0 unspecified atom stereocenters. The van der Waals surface area contributed by atoms with Gasteiger partial charge in [-0.2, -0.15) is 13.2 Å². The van der Waals surface area contributed by atoms with Crippen molar-refractivity contribution >= 4 is 0 Å². The summed E-state index contributed by atoms with van der Waals surface area (Å²) in [6, 6.07) is 0. The van der Waals surface area contributed by atoms with E-state index in [1.807, 2.05) is 5.73 Å². The monoisotopic (exact) mass is 186 g/mol. The first-order valence-electron chi connectivity index (χ1n) is 3.11. The predicted octanol–water partition coefficient (Wildman–Crippen LogP) is 2.96. The minimum Gasteiger partial charge on any atom is -0.245 e. The summed E-state index contributed by atoms with van der Waals surface area (Å²) in [7, 11) is 0. The third kappa shape index (κ3) is 5.92. The van der Waals surface area contributed by atoms with Gasteiger partial charge in [0, 0.05) is 5.57 Å². The zero-order valence-corrected chi connectivity index (χ0v) is 6.09. The lowest BCUT2D eigenvalue weighted by Gasteiger charge is -1.98. The van der Waals surface area contributed by atoms with Crippen molar-refractivity contribution in [3.8, 4) is 0 Å². The summed E-state index contributed by atoms with van der Waals surface area (Å²) in [5.41, 5.74) is 1.49. The van der Waals surface area contributed by atoms with E-state index in [2.05, 4.69) is 0 Å². The number of hydrogen-bond acceptors (Lipinski definition) is 0. The van der Waals surface area contributed by atoms with Crippen LogP contribution >= 0.6 is 0 Å². The minimum atomic E-state index is -4.34. The van der Waals surface area contributed by atoms with Crippen LogP contribution in [0.5, 0.6) is 0 Å². The van der Waals surface area contributed by atoms with Crippen molar-refractivity contribution in [2.75, 3.05) is 13.3 Å². The van der Waals surface area contributed by atoms with Crippen molar-refractivity contribution in [1.82, 2.24) is 0 Å². The normalized spacial score (nSPS) is 10.8. The van der Waals surface area contributed by atoms with E-state index in [0.717, 1.165) is 0 Å². The van der Waals surface area contributed by atoms with Crippen LogP contribution in [0.4, 0.5) is 22.0 Å². The Morgan fingerprint density at radius 2 is 1.67 bits per heavy atom. The molecule has 0 atom stereocenters. The van der Waals surface area contributed by atoms with Crippen LogP contribution in [0.15, 0.2) is 17.4 Å². The van der Waals surface area contributed by atoms with Crippen LogP contribution in [0.25, 0.3) is 0 Å². The molecule has 0 aliphatic rings. The van der Waals surface area contributed by atoms with E-state index >= 15 is 0 Å². The van der Waals surface area contributed by atoms with E-state index in [1.54, 1.807) is 0 Å². The van der Waals surface area contributed by atoms with Crippen LogP contribution < -0.4 is 0 Å². The van der Waals surface area contributed by atoms with Crippen LogP contribution in [0.1, 0.15) is 6.42 Å². The van der Waals surface area contributed by atoms with Gasteiger partial charge in [0.25, 0.3) is 0 Å². The van der Waals surface area contributed by atoms with Crippen molar-refractivity contribution in [3.05, 3.63) is 17.4 Å². The van der Waals surface area contributed by atoms with Gasteiger partial charge in [-0.15, -0.1) is 5.73 Å². The Morgan fingerprint density at radius 1 is 1.17 bits per heavy atom. The first-order valence-corrected chi connectivity index (χ1v) is 3.11. The van der Waals surface area contributed by atoms with E-state index in [9.17, 15) is 22.0 Å². The summed E-state index contributed by atoms with van der Waals surface area (Å²) >= 11 is 0. The summed E-state index contributed by atoms with van der Waals surface area (Å²) in [5, 5.41) is 0. The van der Waals surface area contributed by atoms with Gasteiger partial charge in [-0.1, -0.05) is 0 Å². The molecule has 0 spiro atoms. The highest BCUT2D eigenvalue weighted by molar-refractivity contribution is 5.02. The topological polar surface area (TPSA) is 0 Å². The molecule has 0 heterocycles. The van der Waals surface area contributed by atoms with Gasteiger partial charge in [-0.05, 0) is 6.08 Å². The highest BCUT2D eigenvalue weighted by atomic mass is 19.4. The molecule has 0 radical (unpaired) electrons. The highest BCUT2D eigenvalue weighted by Crippen LogP contribution is 2.19. The van der Waals surface area contributed by atoms with Crippen molar-refractivity contribution in [2.45, 2.75) is 12.6 Å². The predicted molar refractivity (Wildman–Crippen MR) is 34.2 cm³/mol. The number of halogens is 5. The fraction of sp³-hybridized carbons (Fsp3) is 0.571. The fourth-order valence-corrected chi connectivity index (χ4v) is 0.424. The SMILES string of the molecule is FCC(=C=CCC(F)(F)F)CF. The molecular weight excluding hydrogens is 179 g/mol. The molecular formula is C7H7F5. The molecule has 0 N–H and O–H groups in total.